The molecule has 1 nitrogen and oxygen atoms in total. The molecule has 0 bridgehead atoms. The van der Waals surface area contributed by atoms with Crippen molar-refractivity contribution in [1.82, 2.24) is 0 Å². The Hall–Kier alpha value is -1.26. The topological polar surface area (TPSA) is 26.0 Å². The summed E-state index contributed by atoms with van der Waals surface area (Å²) in [6.07, 6.45) is 0. The quantitative estimate of drug-likeness (QED) is 0.648. The highest BCUT2D eigenvalue weighted by Gasteiger charge is 2.31. The highest BCUT2D eigenvalue weighted by atomic mass is 35.5. The molecule has 0 aliphatic rings. The van der Waals surface area contributed by atoms with E-state index < -0.39 is 5.92 Å². The van der Waals surface area contributed by atoms with Crippen LogP contribution in [0.15, 0.2) is 53.4 Å². The van der Waals surface area contributed by atoms with Crippen LogP contribution in [-0.2, 0) is 5.92 Å². The van der Waals surface area contributed by atoms with E-state index in [1.165, 1.54) is 12.1 Å². The van der Waals surface area contributed by atoms with Gasteiger partial charge in [-0.25, -0.2) is 8.78 Å². The maximum absolute atomic E-state index is 14.0. The minimum atomic E-state index is -2.90. The largest absolute Gasteiger partial charge is 0.398 e. The van der Waals surface area contributed by atoms with E-state index in [2.05, 4.69) is 0 Å². The normalized spacial score (nSPS) is 11.5. The summed E-state index contributed by atoms with van der Waals surface area (Å²) in [5, 5.41) is 0.486. The fraction of sp³-hybridized carbons (Fsp3) is 0.143. The molecule has 0 aliphatic carbocycles. The van der Waals surface area contributed by atoms with E-state index in [0.717, 1.165) is 11.8 Å². The first-order valence-electron chi connectivity index (χ1n) is 5.60. The summed E-state index contributed by atoms with van der Waals surface area (Å²) in [6.45, 7) is 0. The van der Waals surface area contributed by atoms with Crippen molar-refractivity contribution < 1.29 is 8.78 Å². The van der Waals surface area contributed by atoms with E-state index in [-0.39, 0.29) is 11.3 Å². The van der Waals surface area contributed by atoms with Crippen molar-refractivity contribution in [3.05, 3.63) is 59.1 Å². The zero-order valence-corrected chi connectivity index (χ0v) is 11.5. The molecule has 0 saturated heterocycles. The predicted octanol–water partition coefficient (Wildman–Crippen LogP) is 4.81. The molecule has 0 unspecified atom stereocenters. The van der Waals surface area contributed by atoms with Gasteiger partial charge in [0.25, 0.3) is 5.92 Å². The number of alkyl halides is 2. The summed E-state index contributed by atoms with van der Waals surface area (Å²) in [7, 11) is 0. The highest BCUT2D eigenvalue weighted by molar-refractivity contribution is 7.99. The number of thioether (sulfide) groups is 1. The van der Waals surface area contributed by atoms with Gasteiger partial charge in [-0.05, 0) is 18.2 Å². The molecule has 0 radical (unpaired) electrons. The van der Waals surface area contributed by atoms with E-state index in [4.69, 9.17) is 17.3 Å². The average Bonchev–Trinajstić information content (AvgIpc) is 2.41. The Morgan fingerprint density at radius 3 is 2.47 bits per heavy atom. The summed E-state index contributed by atoms with van der Waals surface area (Å²) in [6, 6.07) is 12.6. The summed E-state index contributed by atoms with van der Waals surface area (Å²) in [4.78, 5) is 0.572. The Labute approximate surface area is 119 Å². The number of anilines is 1. The SMILES string of the molecule is Nc1ccc(Cl)cc1SCC(F)(F)c1ccccc1. The third-order valence-corrected chi connectivity index (χ3v) is 3.99. The highest BCUT2D eigenvalue weighted by Crippen LogP contribution is 2.37. The van der Waals surface area contributed by atoms with Crippen molar-refractivity contribution in [2.24, 2.45) is 0 Å². The number of rotatable bonds is 4. The molecule has 0 aliphatic heterocycles. The lowest BCUT2D eigenvalue weighted by atomic mass is 10.1. The van der Waals surface area contributed by atoms with Crippen LogP contribution in [0.5, 0.6) is 0 Å². The number of benzene rings is 2. The molecule has 2 aromatic rings. The summed E-state index contributed by atoms with van der Waals surface area (Å²) in [5.74, 6) is -3.28. The standard InChI is InChI=1S/C14H12ClF2NS/c15-11-6-7-12(18)13(8-11)19-9-14(16,17)10-4-2-1-3-5-10/h1-8H,9,18H2. The van der Waals surface area contributed by atoms with E-state index in [1.807, 2.05) is 0 Å². The van der Waals surface area contributed by atoms with E-state index >= 15 is 0 Å². The molecular weight excluding hydrogens is 288 g/mol. The van der Waals surface area contributed by atoms with Gasteiger partial charge in [0, 0.05) is 21.2 Å². The van der Waals surface area contributed by atoms with Gasteiger partial charge in [0.15, 0.2) is 0 Å². The van der Waals surface area contributed by atoms with Gasteiger partial charge in [-0.15, -0.1) is 11.8 Å². The maximum Gasteiger partial charge on any atom is 0.282 e. The first kappa shape index (κ1) is 14.2. The van der Waals surface area contributed by atoms with Gasteiger partial charge >= 0.3 is 0 Å². The monoisotopic (exact) mass is 299 g/mol. The summed E-state index contributed by atoms with van der Waals surface area (Å²) >= 11 is 6.83. The molecule has 0 heterocycles. The van der Waals surface area contributed by atoms with Gasteiger partial charge in [-0.1, -0.05) is 41.9 Å². The van der Waals surface area contributed by atoms with Crippen LogP contribution in [-0.4, -0.2) is 5.75 Å². The maximum atomic E-state index is 14.0. The minimum absolute atomic E-state index is 0.00287. The van der Waals surface area contributed by atoms with Crippen molar-refractivity contribution in [2.45, 2.75) is 10.8 Å². The molecule has 0 spiro atoms. The predicted molar refractivity (Wildman–Crippen MR) is 76.9 cm³/mol. The second-order valence-electron chi connectivity index (χ2n) is 4.04. The van der Waals surface area contributed by atoms with E-state index in [0.29, 0.717) is 15.6 Å². The molecule has 0 amide bonds. The van der Waals surface area contributed by atoms with Gasteiger partial charge in [0.2, 0.25) is 0 Å². The van der Waals surface area contributed by atoms with Crippen molar-refractivity contribution in [1.29, 1.82) is 0 Å². The molecule has 5 heteroatoms. The fourth-order valence-electron chi connectivity index (χ4n) is 1.57. The summed E-state index contributed by atoms with van der Waals surface area (Å²) in [5.41, 5.74) is 6.19. The first-order valence-corrected chi connectivity index (χ1v) is 6.96. The van der Waals surface area contributed by atoms with Gasteiger partial charge in [0.1, 0.15) is 0 Å². The smallest absolute Gasteiger partial charge is 0.282 e. The molecule has 0 fully saturated rings. The molecule has 100 valence electrons. The second-order valence-corrected chi connectivity index (χ2v) is 5.49. The fourth-order valence-corrected chi connectivity index (χ4v) is 2.75. The number of nitrogen functional groups attached to an aromatic ring is 1. The van der Waals surface area contributed by atoms with Crippen LogP contribution in [0.3, 0.4) is 0 Å². The van der Waals surface area contributed by atoms with Crippen LogP contribution in [0.1, 0.15) is 5.56 Å². The van der Waals surface area contributed by atoms with E-state index in [9.17, 15) is 8.78 Å². The van der Waals surface area contributed by atoms with Crippen LogP contribution in [0.25, 0.3) is 0 Å². The zero-order valence-electron chi connectivity index (χ0n) is 9.95. The second kappa shape index (κ2) is 5.80. The van der Waals surface area contributed by atoms with Crippen LogP contribution in [0.2, 0.25) is 5.02 Å². The molecule has 2 aromatic carbocycles. The number of hydrogen-bond donors (Lipinski definition) is 1. The Balaban J connectivity index is 2.12. The molecule has 0 aromatic heterocycles. The van der Waals surface area contributed by atoms with Crippen molar-refractivity contribution in [3.8, 4) is 0 Å². The Kier molecular flexibility index (Phi) is 4.32. The number of hydrogen-bond acceptors (Lipinski definition) is 2. The van der Waals surface area contributed by atoms with Gasteiger partial charge < -0.3 is 5.73 Å². The van der Waals surface area contributed by atoms with Gasteiger partial charge in [0.05, 0.1) is 5.75 Å². The Bertz CT molecular complexity index is 561. The van der Waals surface area contributed by atoms with Crippen LogP contribution in [0, 0.1) is 0 Å². The number of nitrogens with two attached hydrogens (primary N) is 1. The minimum Gasteiger partial charge on any atom is -0.398 e. The molecule has 2 N–H and O–H groups in total. The van der Waals surface area contributed by atoms with Crippen molar-refractivity contribution in [3.63, 3.8) is 0 Å². The molecule has 19 heavy (non-hydrogen) atoms. The summed E-state index contributed by atoms with van der Waals surface area (Å²) < 4.78 is 28.0. The lowest BCUT2D eigenvalue weighted by molar-refractivity contribution is 0.0232. The van der Waals surface area contributed by atoms with Crippen LogP contribution >= 0.6 is 23.4 Å². The number of halogens is 3. The van der Waals surface area contributed by atoms with E-state index in [1.54, 1.807) is 36.4 Å². The first-order chi connectivity index (χ1) is 8.99. The Morgan fingerprint density at radius 1 is 1.11 bits per heavy atom. The lowest BCUT2D eigenvalue weighted by Gasteiger charge is -2.16. The molecule has 0 atom stereocenters. The third-order valence-electron chi connectivity index (χ3n) is 2.58. The molecular formula is C14H12ClF2NS. The lowest BCUT2D eigenvalue weighted by Crippen LogP contribution is -2.16. The van der Waals surface area contributed by atoms with Crippen molar-refractivity contribution >= 4 is 29.1 Å². The van der Waals surface area contributed by atoms with Crippen LogP contribution in [0.4, 0.5) is 14.5 Å². The van der Waals surface area contributed by atoms with Crippen LogP contribution < -0.4 is 5.73 Å². The van der Waals surface area contributed by atoms with Crippen molar-refractivity contribution in [2.75, 3.05) is 11.5 Å². The average molecular weight is 300 g/mol. The third kappa shape index (κ3) is 3.61. The van der Waals surface area contributed by atoms with Gasteiger partial charge in [-0.3, -0.25) is 0 Å². The van der Waals surface area contributed by atoms with Gasteiger partial charge in [-0.2, -0.15) is 0 Å². The zero-order chi connectivity index (χ0) is 13.9. The molecule has 0 saturated carbocycles. The Morgan fingerprint density at radius 2 is 1.79 bits per heavy atom. The molecule has 2 rings (SSSR count).